The summed E-state index contributed by atoms with van der Waals surface area (Å²) in [6.45, 7) is 1.18. The first-order chi connectivity index (χ1) is 14.2. The first-order valence-electron chi connectivity index (χ1n) is 9.62. The largest absolute Gasteiger partial charge is 0.465 e. The molecule has 2 atom stereocenters. The van der Waals surface area contributed by atoms with Crippen molar-refractivity contribution in [3.8, 4) is 0 Å². The Morgan fingerprint density at radius 1 is 1.07 bits per heavy atom. The normalized spacial score (nSPS) is 20.6. The lowest BCUT2D eigenvalue weighted by Gasteiger charge is -2.43. The summed E-state index contributed by atoms with van der Waals surface area (Å²) in [5.74, 6) is -0.355. The highest BCUT2D eigenvalue weighted by Crippen LogP contribution is 2.33. The lowest BCUT2D eigenvalue weighted by Crippen LogP contribution is -2.56. The summed E-state index contributed by atoms with van der Waals surface area (Å²) in [5.41, 5.74) is 3.65. The molecule has 2 aromatic carbocycles. The average molecular weight is 393 g/mol. The van der Waals surface area contributed by atoms with Crippen LogP contribution >= 0.6 is 0 Å². The molecule has 2 heterocycles. The molecule has 2 unspecified atom stereocenters. The number of methoxy groups -OCH3 is 1. The summed E-state index contributed by atoms with van der Waals surface area (Å²) in [7, 11) is 1.37. The molecule has 0 spiro atoms. The molecule has 1 fully saturated rings. The van der Waals surface area contributed by atoms with Crippen LogP contribution in [0.3, 0.4) is 0 Å². The molecule has 1 saturated heterocycles. The minimum atomic E-state index is -0.355. The van der Waals surface area contributed by atoms with Crippen molar-refractivity contribution in [1.29, 1.82) is 0 Å². The Balaban J connectivity index is 1.48. The zero-order valence-electron chi connectivity index (χ0n) is 16.2. The van der Waals surface area contributed by atoms with Crippen LogP contribution in [0.1, 0.15) is 27.9 Å². The lowest BCUT2D eigenvalue weighted by molar-refractivity contribution is -0.0342. The van der Waals surface area contributed by atoms with Crippen molar-refractivity contribution in [3.63, 3.8) is 0 Å². The highest BCUT2D eigenvalue weighted by Gasteiger charge is 2.39. The first kappa shape index (κ1) is 19.2. The Bertz CT molecular complexity index is 907. The molecule has 2 aromatic rings. The standard InChI is InChI=1S/C23H23NO5/c1-27-22(25)18-9-7-17(8-10-18)19-11-20-14-28-15-21(12-19)24(20)23(26)29-13-16-5-3-2-4-6-16/h2-11,20-21H,12-15H2,1H3. The number of carbonyl (C=O) groups is 2. The minimum absolute atomic E-state index is 0.0719. The second-order valence-electron chi connectivity index (χ2n) is 7.17. The van der Waals surface area contributed by atoms with E-state index in [4.69, 9.17) is 14.2 Å². The number of morpholine rings is 1. The topological polar surface area (TPSA) is 65.1 Å². The fourth-order valence-corrected chi connectivity index (χ4v) is 3.83. The Kier molecular flexibility index (Phi) is 5.62. The van der Waals surface area contributed by atoms with E-state index in [0.29, 0.717) is 25.2 Å². The second-order valence-corrected chi connectivity index (χ2v) is 7.17. The number of carbonyl (C=O) groups excluding carboxylic acids is 2. The number of esters is 1. The molecule has 2 aliphatic heterocycles. The number of hydrogen-bond acceptors (Lipinski definition) is 5. The van der Waals surface area contributed by atoms with Gasteiger partial charge in [0.25, 0.3) is 0 Å². The van der Waals surface area contributed by atoms with Gasteiger partial charge in [-0.05, 0) is 35.3 Å². The third-order valence-electron chi connectivity index (χ3n) is 5.29. The van der Waals surface area contributed by atoms with E-state index >= 15 is 0 Å². The lowest BCUT2D eigenvalue weighted by atomic mass is 9.90. The van der Waals surface area contributed by atoms with Crippen LogP contribution < -0.4 is 0 Å². The van der Waals surface area contributed by atoms with Crippen LogP contribution in [-0.4, -0.2) is 49.4 Å². The Labute approximate surface area is 169 Å². The van der Waals surface area contributed by atoms with Gasteiger partial charge in [0, 0.05) is 0 Å². The van der Waals surface area contributed by atoms with Gasteiger partial charge in [-0.25, -0.2) is 9.59 Å². The number of nitrogens with zero attached hydrogens (tertiary/aromatic N) is 1. The summed E-state index contributed by atoms with van der Waals surface area (Å²) in [4.78, 5) is 26.2. The fourth-order valence-electron chi connectivity index (χ4n) is 3.83. The summed E-state index contributed by atoms with van der Waals surface area (Å²) in [5, 5.41) is 0. The minimum Gasteiger partial charge on any atom is -0.465 e. The zero-order chi connectivity index (χ0) is 20.2. The summed E-state index contributed by atoms with van der Waals surface area (Å²) < 4.78 is 16.0. The van der Waals surface area contributed by atoms with E-state index in [1.165, 1.54) is 7.11 Å². The third kappa shape index (κ3) is 4.17. The molecule has 0 radical (unpaired) electrons. The van der Waals surface area contributed by atoms with Gasteiger partial charge in [0.15, 0.2) is 0 Å². The van der Waals surface area contributed by atoms with Crippen molar-refractivity contribution in [3.05, 3.63) is 77.4 Å². The van der Waals surface area contributed by atoms with Crippen LogP contribution in [0.5, 0.6) is 0 Å². The van der Waals surface area contributed by atoms with E-state index in [1.807, 2.05) is 42.5 Å². The maximum atomic E-state index is 12.7. The number of ether oxygens (including phenoxy) is 3. The van der Waals surface area contributed by atoms with E-state index in [-0.39, 0.29) is 30.8 Å². The summed E-state index contributed by atoms with van der Waals surface area (Å²) >= 11 is 0. The first-order valence-corrected chi connectivity index (χ1v) is 9.62. The van der Waals surface area contributed by atoms with Crippen LogP contribution in [-0.2, 0) is 20.8 Å². The van der Waals surface area contributed by atoms with Crippen LogP contribution in [0.15, 0.2) is 60.7 Å². The zero-order valence-corrected chi connectivity index (χ0v) is 16.2. The number of benzene rings is 2. The van der Waals surface area contributed by atoms with Crippen molar-refractivity contribution >= 4 is 17.6 Å². The van der Waals surface area contributed by atoms with E-state index in [9.17, 15) is 9.59 Å². The maximum absolute atomic E-state index is 12.7. The Morgan fingerprint density at radius 3 is 2.52 bits per heavy atom. The molecule has 0 N–H and O–H groups in total. The molecule has 0 aliphatic carbocycles. The van der Waals surface area contributed by atoms with Crippen molar-refractivity contribution in [2.75, 3.05) is 20.3 Å². The van der Waals surface area contributed by atoms with Crippen LogP contribution in [0.4, 0.5) is 4.79 Å². The fraction of sp³-hybridized carbons (Fsp3) is 0.304. The summed E-state index contributed by atoms with van der Waals surface area (Å²) in [6, 6.07) is 16.8. The molecule has 1 amide bonds. The van der Waals surface area contributed by atoms with E-state index in [0.717, 1.165) is 16.7 Å². The SMILES string of the molecule is COC(=O)c1ccc(C2=CC3COCC(C2)N3C(=O)OCc2ccccc2)cc1. The van der Waals surface area contributed by atoms with Gasteiger partial charge in [0.05, 0.1) is 38.0 Å². The van der Waals surface area contributed by atoms with Crippen LogP contribution in [0.25, 0.3) is 5.57 Å². The van der Waals surface area contributed by atoms with E-state index < -0.39 is 0 Å². The van der Waals surface area contributed by atoms with Crippen LogP contribution in [0.2, 0.25) is 0 Å². The Hall–Kier alpha value is -3.12. The van der Waals surface area contributed by atoms with Crippen molar-refractivity contribution < 1.29 is 23.8 Å². The molecule has 6 heteroatoms. The third-order valence-corrected chi connectivity index (χ3v) is 5.29. The Morgan fingerprint density at radius 2 is 1.83 bits per heavy atom. The molecule has 6 nitrogen and oxygen atoms in total. The van der Waals surface area contributed by atoms with Gasteiger partial charge in [-0.1, -0.05) is 48.5 Å². The second kappa shape index (κ2) is 8.49. The molecule has 29 heavy (non-hydrogen) atoms. The monoisotopic (exact) mass is 393 g/mol. The molecule has 0 aromatic heterocycles. The number of hydrogen-bond donors (Lipinski definition) is 0. The van der Waals surface area contributed by atoms with Gasteiger partial charge in [0.2, 0.25) is 0 Å². The number of rotatable bonds is 4. The molecule has 4 rings (SSSR count). The maximum Gasteiger partial charge on any atom is 0.411 e. The van der Waals surface area contributed by atoms with Gasteiger partial charge in [-0.2, -0.15) is 0 Å². The van der Waals surface area contributed by atoms with Crippen LogP contribution in [0, 0.1) is 0 Å². The molecule has 2 aliphatic rings. The quantitative estimate of drug-likeness (QED) is 0.742. The molecule has 2 bridgehead atoms. The van der Waals surface area contributed by atoms with Gasteiger partial charge in [0.1, 0.15) is 6.61 Å². The highest BCUT2D eigenvalue weighted by molar-refractivity contribution is 5.89. The van der Waals surface area contributed by atoms with E-state index in [2.05, 4.69) is 6.08 Å². The van der Waals surface area contributed by atoms with Gasteiger partial charge >= 0.3 is 12.1 Å². The van der Waals surface area contributed by atoms with Gasteiger partial charge in [-0.3, -0.25) is 4.90 Å². The summed E-state index contributed by atoms with van der Waals surface area (Å²) in [6.07, 6.45) is 2.42. The molecule has 150 valence electrons. The number of fused-ring (bicyclic) bond motifs is 2. The van der Waals surface area contributed by atoms with Gasteiger partial charge < -0.3 is 14.2 Å². The highest BCUT2D eigenvalue weighted by atomic mass is 16.6. The predicted octanol–water partition coefficient (Wildman–Crippen LogP) is 3.67. The molecule has 0 saturated carbocycles. The van der Waals surface area contributed by atoms with Crippen molar-refractivity contribution in [1.82, 2.24) is 4.90 Å². The van der Waals surface area contributed by atoms with E-state index in [1.54, 1.807) is 17.0 Å². The van der Waals surface area contributed by atoms with Crippen molar-refractivity contribution in [2.24, 2.45) is 0 Å². The smallest absolute Gasteiger partial charge is 0.411 e. The number of amides is 1. The predicted molar refractivity (Wildman–Crippen MR) is 107 cm³/mol. The van der Waals surface area contributed by atoms with Gasteiger partial charge in [-0.15, -0.1) is 0 Å². The molecular formula is C23H23NO5. The molecular weight excluding hydrogens is 370 g/mol. The average Bonchev–Trinajstić information content (AvgIpc) is 2.77. The van der Waals surface area contributed by atoms with Crippen molar-refractivity contribution in [2.45, 2.75) is 25.1 Å².